The second kappa shape index (κ2) is 11.7. The summed E-state index contributed by atoms with van der Waals surface area (Å²) < 4.78 is 6.22. The van der Waals surface area contributed by atoms with Gasteiger partial charge in [-0.25, -0.2) is 4.98 Å². The lowest BCUT2D eigenvalue weighted by Crippen LogP contribution is -2.10. The van der Waals surface area contributed by atoms with E-state index in [2.05, 4.69) is 180 Å². The average Bonchev–Trinajstić information content (AvgIpc) is 3.55. The highest BCUT2D eigenvalue weighted by Crippen LogP contribution is 2.40. The average molecular weight is 615 g/mol. The fourth-order valence-electron chi connectivity index (χ4n) is 6.74. The van der Waals surface area contributed by atoms with Crippen LogP contribution in [0.2, 0.25) is 0 Å². The van der Waals surface area contributed by atoms with Crippen molar-refractivity contribution in [1.82, 2.24) is 4.98 Å². The first kappa shape index (κ1) is 27.8. The first-order valence-corrected chi connectivity index (χ1v) is 16.2. The molecule has 2 heterocycles. The molecule has 0 amide bonds. The Hall–Kier alpha value is -6.45. The molecule has 0 aliphatic heterocycles. The van der Waals surface area contributed by atoms with Gasteiger partial charge in [-0.05, 0) is 105 Å². The maximum atomic E-state index is 6.22. The standard InChI is InChI=1S/C45H30N2O/c1-3-10-31(11-4-1)33-19-23-38(24-20-33)47(39-16-7-14-34(29-39)32-12-5-2-6-13-32)40-17-8-15-35(30-40)36-21-25-41-37(28-36)22-26-42-43-18-9-27-46-45(43)48-44(41)42/h1-30H. The van der Waals surface area contributed by atoms with Crippen molar-refractivity contribution in [2.24, 2.45) is 0 Å². The number of rotatable bonds is 6. The quantitative estimate of drug-likeness (QED) is 0.187. The van der Waals surface area contributed by atoms with E-state index in [1.54, 1.807) is 6.20 Å². The van der Waals surface area contributed by atoms with Crippen molar-refractivity contribution in [2.45, 2.75) is 0 Å². The van der Waals surface area contributed by atoms with Crippen LogP contribution >= 0.6 is 0 Å². The van der Waals surface area contributed by atoms with Gasteiger partial charge in [-0.3, -0.25) is 0 Å². The zero-order chi connectivity index (χ0) is 31.9. The molecule has 0 unspecified atom stereocenters. The van der Waals surface area contributed by atoms with Crippen LogP contribution in [-0.2, 0) is 0 Å². The summed E-state index contributed by atoms with van der Waals surface area (Å²) in [7, 11) is 0. The minimum atomic E-state index is 0.671. The van der Waals surface area contributed by atoms with Crippen LogP contribution in [0.25, 0.3) is 66.2 Å². The van der Waals surface area contributed by atoms with Crippen molar-refractivity contribution < 1.29 is 4.42 Å². The van der Waals surface area contributed by atoms with E-state index in [-0.39, 0.29) is 0 Å². The van der Waals surface area contributed by atoms with Gasteiger partial charge >= 0.3 is 0 Å². The molecule has 3 heteroatoms. The molecule has 2 aromatic heterocycles. The molecule has 0 N–H and O–H groups in total. The van der Waals surface area contributed by atoms with Gasteiger partial charge in [-0.2, -0.15) is 0 Å². The first-order valence-electron chi connectivity index (χ1n) is 16.2. The van der Waals surface area contributed by atoms with Crippen molar-refractivity contribution in [3.63, 3.8) is 0 Å². The number of nitrogens with zero attached hydrogens (tertiary/aromatic N) is 2. The number of benzene rings is 7. The Morgan fingerprint density at radius 2 is 0.938 bits per heavy atom. The van der Waals surface area contributed by atoms with Crippen molar-refractivity contribution in [2.75, 3.05) is 4.90 Å². The van der Waals surface area contributed by atoms with E-state index in [1.165, 1.54) is 22.3 Å². The van der Waals surface area contributed by atoms with Crippen LogP contribution in [0.5, 0.6) is 0 Å². The van der Waals surface area contributed by atoms with Crippen molar-refractivity contribution >= 4 is 49.9 Å². The van der Waals surface area contributed by atoms with E-state index < -0.39 is 0 Å². The lowest BCUT2D eigenvalue weighted by Gasteiger charge is -2.27. The lowest BCUT2D eigenvalue weighted by atomic mass is 9.99. The molecule has 0 saturated carbocycles. The van der Waals surface area contributed by atoms with Gasteiger partial charge in [-0.15, -0.1) is 0 Å². The number of hydrogen-bond donors (Lipinski definition) is 0. The maximum Gasteiger partial charge on any atom is 0.227 e. The van der Waals surface area contributed by atoms with Gasteiger partial charge in [0, 0.05) is 39.4 Å². The van der Waals surface area contributed by atoms with E-state index in [0.717, 1.165) is 55.3 Å². The Kier molecular flexibility index (Phi) is 6.80. The highest BCUT2D eigenvalue weighted by molar-refractivity contribution is 6.14. The third-order valence-corrected chi connectivity index (χ3v) is 9.11. The molecule has 9 rings (SSSR count). The Morgan fingerprint density at radius 1 is 0.375 bits per heavy atom. The van der Waals surface area contributed by atoms with E-state index in [9.17, 15) is 0 Å². The summed E-state index contributed by atoms with van der Waals surface area (Å²) in [5.41, 5.74) is 11.9. The molecule has 0 saturated heterocycles. The SMILES string of the molecule is c1ccc(-c2ccc(N(c3cccc(-c4ccccc4)c3)c3cccc(-c4ccc5c(ccc6c7cccnc7oc56)c4)c3)cc2)cc1. The largest absolute Gasteiger partial charge is 0.437 e. The Morgan fingerprint density at radius 3 is 1.65 bits per heavy atom. The van der Waals surface area contributed by atoms with Gasteiger partial charge in [0.25, 0.3) is 0 Å². The number of fused-ring (bicyclic) bond motifs is 5. The molecule has 48 heavy (non-hydrogen) atoms. The molecule has 0 radical (unpaired) electrons. The summed E-state index contributed by atoms with van der Waals surface area (Å²) in [6.07, 6.45) is 1.77. The number of furan rings is 1. The molecule has 0 aliphatic carbocycles. The van der Waals surface area contributed by atoms with Gasteiger partial charge in [-0.1, -0.05) is 109 Å². The van der Waals surface area contributed by atoms with Crippen LogP contribution in [0.3, 0.4) is 0 Å². The minimum Gasteiger partial charge on any atom is -0.437 e. The lowest BCUT2D eigenvalue weighted by molar-refractivity contribution is 0.657. The summed E-state index contributed by atoms with van der Waals surface area (Å²) >= 11 is 0. The van der Waals surface area contributed by atoms with Crippen molar-refractivity contribution in [1.29, 1.82) is 0 Å². The highest BCUT2D eigenvalue weighted by Gasteiger charge is 2.16. The van der Waals surface area contributed by atoms with Gasteiger partial charge in [0.1, 0.15) is 5.58 Å². The molecule has 226 valence electrons. The molecule has 7 aromatic carbocycles. The topological polar surface area (TPSA) is 29.3 Å². The molecule has 3 nitrogen and oxygen atoms in total. The third kappa shape index (κ3) is 4.99. The smallest absolute Gasteiger partial charge is 0.227 e. The number of hydrogen-bond acceptors (Lipinski definition) is 3. The Bertz CT molecular complexity index is 2550. The van der Waals surface area contributed by atoms with Crippen molar-refractivity contribution in [3.05, 3.63) is 182 Å². The summed E-state index contributed by atoms with van der Waals surface area (Å²) in [6.45, 7) is 0. The number of anilines is 3. The first-order chi connectivity index (χ1) is 23.8. The van der Waals surface area contributed by atoms with Gasteiger partial charge in [0.15, 0.2) is 0 Å². The zero-order valence-electron chi connectivity index (χ0n) is 26.1. The normalized spacial score (nSPS) is 11.3. The van der Waals surface area contributed by atoms with Crippen LogP contribution < -0.4 is 4.90 Å². The monoisotopic (exact) mass is 614 g/mol. The minimum absolute atomic E-state index is 0.671. The summed E-state index contributed by atoms with van der Waals surface area (Å²) in [5, 5.41) is 4.35. The summed E-state index contributed by atoms with van der Waals surface area (Å²) in [5.74, 6) is 0. The number of pyridine rings is 1. The molecular formula is C45H30N2O. The predicted molar refractivity (Wildman–Crippen MR) is 200 cm³/mol. The molecule has 0 aliphatic rings. The van der Waals surface area contributed by atoms with Gasteiger partial charge in [0.2, 0.25) is 5.71 Å². The maximum absolute atomic E-state index is 6.22. The van der Waals surface area contributed by atoms with Crippen molar-refractivity contribution in [3.8, 4) is 33.4 Å². The van der Waals surface area contributed by atoms with Crippen LogP contribution in [0, 0.1) is 0 Å². The fraction of sp³-hybridized carbons (Fsp3) is 0. The predicted octanol–water partition coefficient (Wildman–Crippen LogP) is 12.6. The highest BCUT2D eigenvalue weighted by atomic mass is 16.3. The molecule has 9 aromatic rings. The summed E-state index contributed by atoms with van der Waals surface area (Å²) in [4.78, 5) is 6.78. The van der Waals surface area contributed by atoms with Gasteiger partial charge in [0.05, 0.1) is 0 Å². The van der Waals surface area contributed by atoms with E-state index in [1.807, 2.05) is 6.07 Å². The van der Waals surface area contributed by atoms with E-state index in [4.69, 9.17) is 4.42 Å². The second-order valence-corrected chi connectivity index (χ2v) is 12.1. The van der Waals surface area contributed by atoms with Crippen LogP contribution in [-0.4, -0.2) is 4.98 Å². The zero-order valence-corrected chi connectivity index (χ0v) is 26.1. The Balaban J connectivity index is 1.15. The van der Waals surface area contributed by atoms with Gasteiger partial charge < -0.3 is 9.32 Å². The molecule has 0 bridgehead atoms. The molecule has 0 fully saturated rings. The molecular weight excluding hydrogens is 585 g/mol. The molecule has 0 atom stereocenters. The van der Waals surface area contributed by atoms with Crippen LogP contribution in [0.1, 0.15) is 0 Å². The second-order valence-electron chi connectivity index (χ2n) is 12.1. The summed E-state index contributed by atoms with van der Waals surface area (Å²) in [6, 6.07) is 62.5. The fourth-order valence-corrected chi connectivity index (χ4v) is 6.74. The number of aromatic nitrogens is 1. The Labute approximate surface area is 279 Å². The van der Waals surface area contributed by atoms with Crippen LogP contribution in [0.15, 0.2) is 187 Å². The molecule has 0 spiro atoms. The van der Waals surface area contributed by atoms with E-state index >= 15 is 0 Å². The van der Waals surface area contributed by atoms with Crippen LogP contribution in [0.4, 0.5) is 17.1 Å². The van der Waals surface area contributed by atoms with E-state index in [0.29, 0.717) is 5.71 Å². The third-order valence-electron chi connectivity index (χ3n) is 9.11.